The first-order chi connectivity index (χ1) is 13.7. The van der Waals surface area contributed by atoms with Gasteiger partial charge in [-0.3, -0.25) is 9.69 Å². The lowest BCUT2D eigenvalue weighted by atomic mass is 9.76. The maximum atomic E-state index is 13.1. The number of carbonyl (C=O) groups is 1. The summed E-state index contributed by atoms with van der Waals surface area (Å²) in [5, 5.41) is 12.1. The number of nitriles is 1. The monoisotopic (exact) mass is 407 g/mol. The number of thiophene rings is 1. The van der Waals surface area contributed by atoms with E-state index in [1.54, 1.807) is 23.1 Å². The van der Waals surface area contributed by atoms with Gasteiger partial charge in [-0.2, -0.15) is 5.26 Å². The smallest absolute Gasteiger partial charge is 0.161 e. The van der Waals surface area contributed by atoms with Crippen molar-refractivity contribution in [2.45, 2.75) is 36.3 Å². The minimum Gasteiger partial charge on any atom is -0.384 e. The van der Waals surface area contributed by atoms with Crippen molar-refractivity contribution in [1.29, 1.82) is 5.26 Å². The van der Waals surface area contributed by atoms with Crippen LogP contribution < -0.4 is 10.6 Å². The van der Waals surface area contributed by atoms with E-state index in [2.05, 4.69) is 13.0 Å². The quantitative estimate of drug-likeness (QED) is 0.709. The first-order valence-electron chi connectivity index (χ1n) is 9.38. The summed E-state index contributed by atoms with van der Waals surface area (Å²) in [6.45, 7) is 2.11. The van der Waals surface area contributed by atoms with Crippen molar-refractivity contribution >= 4 is 34.6 Å². The van der Waals surface area contributed by atoms with Crippen LogP contribution in [0.1, 0.15) is 37.7 Å². The van der Waals surface area contributed by atoms with Gasteiger partial charge in [0.05, 0.1) is 21.8 Å². The van der Waals surface area contributed by atoms with Gasteiger partial charge in [-0.1, -0.05) is 25.1 Å². The number of carbonyl (C=O) groups excluding carboxylic acids is 1. The lowest BCUT2D eigenvalue weighted by molar-refractivity contribution is -0.116. The lowest BCUT2D eigenvalue weighted by Crippen LogP contribution is -2.38. The molecule has 0 saturated heterocycles. The van der Waals surface area contributed by atoms with Gasteiger partial charge < -0.3 is 5.73 Å². The first kappa shape index (κ1) is 18.9. The Balaban J connectivity index is 1.96. The predicted molar refractivity (Wildman–Crippen MR) is 115 cm³/mol. The molecule has 142 valence electrons. The fourth-order valence-corrected chi connectivity index (χ4v) is 6.10. The largest absolute Gasteiger partial charge is 0.384 e. The molecule has 1 aliphatic heterocycles. The maximum absolute atomic E-state index is 13.1. The number of para-hydroxylation sites is 1. The van der Waals surface area contributed by atoms with Crippen LogP contribution in [0.3, 0.4) is 0 Å². The molecular formula is C22H21N3OS2. The highest BCUT2D eigenvalue weighted by molar-refractivity contribution is 8.01. The molecule has 1 aromatic heterocycles. The molecule has 4 nitrogen and oxygen atoms in total. The number of nitrogens with zero attached hydrogens (tertiary/aromatic N) is 2. The summed E-state index contributed by atoms with van der Waals surface area (Å²) in [6, 6.07) is 14.2. The number of thioether (sulfide) groups is 1. The fourth-order valence-electron chi connectivity index (χ4n) is 4.04. The molecular weight excluding hydrogens is 386 g/mol. The molecule has 2 heterocycles. The molecule has 1 aliphatic carbocycles. The summed E-state index contributed by atoms with van der Waals surface area (Å²) in [5.41, 5.74) is 10.7. The molecule has 6 heteroatoms. The highest BCUT2D eigenvalue weighted by Gasteiger charge is 2.41. The van der Waals surface area contributed by atoms with Crippen molar-refractivity contribution in [3.8, 4) is 6.07 Å². The summed E-state index contributed by atoms with van der Waals surface area (Å²) in [4.78, 5) is 15.0. The summed E-state index contributed by atoms with van der Waals surface area (Å²) in [5.74, 6) is 1.14. The van der Waals surface area contributed by atoms with Crippen molar-refractivity contribution in [2.24, 2.45) is 5.73 Å². The standard InChI is InChI=1S/C22H21N3OS2/c1-2-27-22-15(11-12-28-22)19-16(13-23)21(24)25(14-7-4-3-5-8-14)17-9-6-10-18(26)20(17)19/h3-5,7-8,11-12,19H,2,6,9-10,24H2,1H3/t19-/m0/s1. The normalized spacial score (nSPS) is 19.6. The van der Waals surface area contributed by atoms with Crippen LogP contribution in [0.2, 0.25) is 0 Å². The van der Waals surface area contributed by atoms with E-state index >= 15 is 0 Å². The number of benzene rings is 1. The molecule has 4 rings (SSSR count). The Labute approximate surface area is 173 Å². The van der Waals surface area contributed by atoms with Crippen molar-refractivity contribution in [1.82, 2.24) is 0 Å². The van der Waals surface area contributed by atoms with E-state index in [1.807, 2.05) is 46.7 Å². The van der Waals surface area contributed by atoms with Crippen molar-refractivity contribution < 1.29 is 4.79 Å². The number of nitrogens with two attached hydrogens (primary N) is 1. The summed E-state index contributed by atoms with van der Waals surface area (Å²) >= 11 is 3.41. The zero-order valence-electron chi connectivity index (χ0n) is 15.6. The molecule has 0 fully saturated rings. The van der Waals surface area contributed by atoms with Gasteiger partial charge in [-0.05, 0) is 47.7 Å². The molecule has 2 aliphatic rings. The molecule has 2 aromatic rings. The van der Waals surface area contributed by atoms with Gasteiger partial charge >= 0.3 is 0 Å². The third kappa shape index (κ3) is 3.05. The third-order valence-corrected chi connectivity index (χ3v) is 7.32. The second-order valence-electron chi connectivity index (χ2n) is 6.75. The molecule has 0 saturated carbocycles. The van der Waals surface area contributed by atoms with Gasteiger partial charge in [-0.25, -0.2) is 0 Å². The van der Waals surface area contributed by atoms with Crippen LogP contribution in [0.25, 0.3) is 0 Å². The van der Waals surface area contributed by atoms with E-state index in [9.17, 15) is 10.1 Å². The van der Waals surface area contributed by atoms with E-state index in [4.69, 9.17) is 5.73 Å². The molecule has 0 spiro atoms. The zero-order valence-corrected chi connectivity index (χ0v) is 17.3. The number of allylic oxidation sites excluding steroid dienone is 3. The Morgan fingerprint density at radius 1 is 1.29 bits per heavy atom. The van der Waals surface area contributed by atoms with Crippen LogP contribution in [0.15, 0.2) is 68.7 Å². The van der Waals surface area contributed by atoms with E-state index in [0.29, 0.717) is 17.8 Å². The average molecular weight is 408 g/mol. The lowest BCUT2D eigenvalue weighted by Gasteiger charge is -2.39. The van der Waals surface area contributed by atoms with Gasteiger partial charge in [0.25, 0.3) is 0 Å². The van der Waals surface area contributed by atoms with Crippen molar-refractivity contribution in [2.75, 3.05) is 10.7 Å². The number of Topliss-reactive ketones (excluding diaryl/α,β-unsaturated/α-hetero) is 1. The topological polar surface area (TPSA) is 70.1 Å². The third-order valence-electron chi connectivity index (χ3n) is 5.17. The van der Waals surface area contributed by atoms with Crippen molar-refractivity contribution in [3.63, 3.8) is 0 Å². The number of hydrogen-bond donors (Lipinski definition) is 1. The Morgan fingerprint density at radius 3 is 2.79 bits per heavy atom. The Bertz CT molecular complexity index is 1010. The van der Waals surface area contributed by atoms with Gasteiger partial charge in [-0.15, -0.1) is 23.1 Å². The minimum atomic E-state index is -0.368. The van der Waals surface area contributed by atoms with Crippen LogP contribution in [0.4, 0.5) is 5.69 Å². The highest BCUT2D eigenvalue weighted by Crippen LogP contribution is 2.49. The van der Waals surface area contributed by atoms with Crippen LogP contribution in [-0.4, -0.2) is 11.5 Å². The molecule has 0 radical (unpaired) electrons. The zero-order chi connectivity index (χ0) is 19.7. The van der Waals surface area contributed by atoms with E-state index < -0.39 is 0 Å². The molecule has 0 unspecified atom stereocenters. The van der Waals surface area contributed by atoms with Crippen LogP contribution in [-0.2, 0) is 4.79 Å². The minimum absolute atomic E-state index is 0.131. The highest BCUT2D eigenvalue weighted by atomic mass is 32.2. The Morgan fingerprint density at radius 2 is 2.07 bits per heavy atom. The summed E-state index contributed by atoms with van der Waals surface area (Å²) in [7, 11) is 0. The summed E-state index contributed by atoms with van der Waals surface area (Å²) in [6.07, 6.45) is 2.12. The average Bonchev–Trinajstić information content (AvgIpc) is 3.16. The van der Waals surface area contributed by atoms with E-state index in [1.165, 1.54) is 0 Å². The van der Waals surface area contributed by atoms with Crippen LogP contribution in [0.5, 0.6) is 0 Å². The summed E-state index contributed by atoms with van der Waals surface area (Å²) < 4.78 is 1.16. The van der Waals surface area contributed by atoms with Crippen LogP contribution >= 0.6 is 23.1 Å². The second-order valence-corrected chi connectivity index (χ2v) is 9.20. The number of anilines is 1. The SMILES string of the molecule is CCSc1sccc1[C@H]1C(C#N)=C(N)N(c2ccccc2)C2=C1C(=O)CCC2. The van der Waals surface area contributed by atoms with Gasteiger partial charge in [0.15, 0.2) is 5.78 Å². The predicted octanol–water partition coefficient (Wildman–Crippen LogP) is 5.16. The molecule has 1 atom stereocenters. The number of rotatable bonds is 4. The van der Waals surface area contributed by atoms with Gasteiger partial charge in [0.2, 0.25) is 0 Å². The number of hydrogen-bond acceptors (Lipinski definition) is 6. The Hall–Kier alpha value is -2.49. The van der Waals surface area contributed by atoms with Crippen molar-refractivity contribution in [3.05, 3.63) is 70.0 Å². The van der Waals surface area contributed by atoms with Crippen LogP contribution in [0, 0.1) is 11.3 Å². The Kier molecular flexibility index (Phi) is 5.29. The molecule has 0 bridgehead atoms. The molecule has 28 heavy (non-hydrogen) atoms. The van der Waals surface area contributed by atoms with Gasteiger partial charge in [0.1, 0.15) is 5.82 Å². The molecule has 1 aromatic carbocycles. The maximum Gasteiger partial charge on any atom is 0.161 e. The first-order valence-corrected chi connectivity index (χ1v) is 11.2. The second kappa shape index (κ2) is 7.86. The van der Waals surface area contributed by atoms with E-state index in [-0.39, 0.29) is 11.7 Å². The molecule has 2 N–H and O–H groups in total. The van der Waals surface area contributed by atoms with Gasteiger partial charge in [0, 0.05) is 23.4 Å². The fraction of sp³-hybridized carbons (Fsp3) is 0.273. The van der Waals surface area contributed by atoms with E-state index in [0.717, 1.165) is 45.3 Å². The molecule has 0 amide bonds. The number of ketones is 1.